The quantitative estimate of drug-likeness (QED) is 0.611. The SMILES string of the molecule is C[C@H](O)c1ccsc1. The normalized spacial score (nSPS) is 13.8. The minimum atomic E-state index is -0.304. The van der Waals surface area contributed by atoms with Crippen molar-refractivity contribution in [3.05, 3.63) is 22.4 Å². The Morgan fingerprint density at radius 3 is 2.75 bits per heavy atom. The van der Waals surface area contributed by atoms with Gasteiger partial charge in [0.1, 0.15) is 0 Å². The molecule has 0 aliphatic heterocycles. The molecule has 0 aliphatic rings. The summed E-state index contributed by atoms with van der Waals surface area (Å²) in [5.74, 6) is 0. The first kappa shape index (κ1) is 5.79. The molecular weight excluding hydrogens is 120 g/mol. The van der Waals surface area contributed by atoms with Crippen molar-refractivity contribution in [3.8, 4) is 0 Å². The van der Waals surface area contributed by atoms with Gasteiger partial charge in [-0.1, -0.05) is 0 Å². The van der Waals surface area contributed by atoms with E-state index in [1.165, 1.54) is 0 Å². The summed E-state index contributed by atoms with van der Waals surface area (Å²) in [5, 5.41) is 12.8. The lowest BCUT2D eigenvalue weighted by Crippen LogP contribution is -1.84. The van der Waals surface area contributed by atoms with Crippen molar-refractivity contribution in [1.29, 1.82) is 0 Å². The molecule has 1 aromatic heterocycles. The first-order valence-electron chi connectivity index (χ1n) is 2.51. The molecule has 0 fully saturated rings. The van der Waals surface area contributed by atoms with Crippen molar-refractivity contribution in [3.63, 3.8) is 0 Å². The smallest absolute Gasteiger partial charge is 0.0769 e. The zero-order valence-corrected chi connectivity index (χ0v) is 5.48. The lowest BCUT2D eigenvalue weighted by Gasteiger charge is -1.95. The third-order valence-corrected chi connectivity index (χ3v) is 1.73. The first-order chi connectivity index (χ1) is 3.80. The minimum absolute atomic E-state index is 0.304. The van der Waals surface area contributed by atoms with Gasteiger partial charge in [0, 0.05) is 0 Å². The van der Waals surface area contributed by atoms with E-state index >= 15 is 0 Å². The number of thiophene rings is 1. The molecule has 0 amide bonds. The van der Waals surface area contributed by atoms with Crippen LogP contribution < -0.4 is 0 Å². The highest BCUT2D eigenvalue weighted by molar-refractivity contribution is 7.07. The van der Waals surface area contributed by atoms with Crippen LogP contribution in [0.2, 0.25) is 0 Å². The van der Waals surface area contributed by atoms with Gasteiger partial charge < -0.3 is 5.11 Å². The number of hydrogen-bond donors (Lipinski definition) is 1. The van der Waals surface area contributed by atoms with Crippen molar-refractivity contribution in [1.82, 2.24) is 0 Å². The third kappa shape index (κ3) is 1.08. The average molecular weight is 128 g/mol. The van der Waals surface area contributed by atoms with Gasteiger partial charge in [0.05, 0.1) is 6.10 Å². The van der Waals surface area contributed by atoms with E-state index in [0.29, 0.717) is 0 Å². The Labute approximate surface area is 52.6 Å². The van der Waals surface area contributed by atoms with Gasteiger partial charge in [-0.2, -0.15) is 11.3 Å². The highest BCUT2D eigenvalue weighted by atomic mass is 32.1. The fourth-order valence-electron chi connectivity index (χ4n) is 0.513. The molecule has 1 nitrogen and oxygen atoms in total. The van der Waals surface area contributed by atoms with Gasteiger partial charge in [-0.05, 0) is 29.3 Å². The van der Waals surface area contributed by atoms with Crippen LogP contribution in [0.25, 0.3) is 0 Å². The van der Waals surface area contributed by atoms with Crippen LogP contribution in [0.4, 0.5) is 0 Å². The summed E-state index contributed by atoms with van der Waals surface area (Å²) >= 11 is 1.61. The van der Waals surface area contributed by atoms with Crippen molar-refractivity contribution < 1.29 is 5.11 Å². The Balaban J connectivity index is 2.77. The van der Waals surface area contributed by atoms with Crippen LogP contribution in [0, 0.1) is 0 Å². The Morgan fingerprint density at radius 2 is 2.50 bits per heavy atom. The van der Waals surface area contributed by atoms with Crippen LogP contribution in [-0.2, 0) is 0 Å². The van der Waals surface area contributed by atoms with Gasteiger partial charge >= 0.3 is 0 Å². The zero-order valence-electron chi connectivity index (χ0n) is 4.66. The maximum Gasteiger partial charge on any atom is 0.0769 e. The van der Waals surface area contributed by atoms with Crippen LogP contribution in [-0.4, -0.2) is 5.11 Å². The Hall–Kier alpha value is -0.340. The molecular formula is C6H8OS. The molecule has 2 heteroatoms. The molecule has 0 saturated carbocycles. The fourth-order valence-corrected chi connectivity index (χ4v) is 1.26. The minimum Gasteiger partial charge on any atom is -0.389 e. The van der Waals surface area contributed by atoms with Crippen LogP contribution in [0.3, 0.4) is 0 Å². The molecule has 8 heavy (non-hydrogen) atoms. The summed E-state index contributed by atoms with van der Waals surface area (Å²) in [7, 11) is 0. The van der Waals surface area contributed by atoms with E-state index in [9.17, 15) is 0 Å². The van der Waals surface area contributed by atoms with Crippen molar-refractivity contribution >= 4 is 11.3 Å². The van der Waals surface area contributed by atoms with Gasteiger partial charge in [-0.25, -0.2) is 0 Å². The highest BCUT2D eigenvalue weighted by Crippen LogP contribution is 2.14. The molecule has 0 aliphatic carbocycles. The summed E-state index contributed by atoms with van der Waals surface area (Å²) in [6.07, 6.45) is -0.304. The second-order valence-electron chi connectivity index (χ2n) is 1.73. The molecule has 44 valence electrons. The maximum atomic E-state index is 8.92. The molecule has 1 N–H and O–H groups in total. The largest absolute Gasteiger partial charge is 0.389 e. The number of aliphatic hydroxyl groups excluding tert-OH is 1. The molecule has 0 bridgehead atoms. The van der Waals surface area contributed by atoms with Crippen LogP contribution in [0.5, 0.6) is 0 Å². The first-order valence-corrected chi connectivity index (χ1v) is 3.45. The third-order valence-electron chi connectivity index (χ3n) is 1.03. The monoisotopic (exact) mass is 128 g/mol. The maximum absolute atomic E-state index is 8.92. The lowest BCUT2D eigenvalue weighted by molar-refractivity contribution is 0.200. The highest BCUT2D eigenvalue weighted by Gasteiger charge is 1.96. The van der Waals surface area contributed by atoms with E-state index < -0.39 is 0 Å². The summed E-state index contributed by atoms with van der Waals surface area (Å²) < 4.78 is 0. The number of hydrogen-bond acceptors (Lipinski definition) is 2. The van der Waals surface area contributed by atoms with E-state index in [4.69, 9.17) is 5.11 Å². The molecule has 0 spiro atoms. The molecule has 0 radical (unpaired) electrons. The second kappa shape index (κ2) is 2.29. The average Bonchev–Trinajstić information content (AvgIpc) is 2.12. The molecule has 1 aromatic rings. The summed E-state index contributed by atoms with van der Waals surface area (Å²) in [6, 6.07) is 1.93. The predicted octanol–water partition coefficient (Wildman–Crippen LogP) is 1.80. The van der Waals surface area contributed by atoms with Crippen molar-refractivity contribution in [2.45, 2.75) is 13.0 Å². The molecule has 1 rings (SSSR count). The summed E-state index contributed by atoms with van der Waals surface area (Å²) in [4.78, 5) is 0. The Morgan fingerprint density at radius 1 is 1.75 bits per heavy atom. The lowest BCUT2D eigenvalue weighted by atomic mass is 10.2. The van der Waals surface area contributed by atoms with Crippen LogP contribution in [0.15, 0.2) is 16.8 Å². The predicted molar refractivity (Wildman–Crippen MR) is 35.0 cm³/mol. The molecule has 0 aromatic carbocycles. The molecule has 1 atom stereocenters. The van der Waals surface area contributed by atoms with E-state index in [0.717, 1.165) is 5.56 Å². The van der Waals surface area contributed by atoms with E-state index in [2.05, 4.69) is 0 Å². The fraction of sp³-hybridized carbons (Fsp3) is 0.333. The van der Waals surface area contributed by atoms with Crippen LogP contribution >= 0.6 is 11.3 Å². The van der Waals surface area contributed by atoms with E-state index in [1.54, 1.807) is 18.3 Å². The zero-order chi connectivity index (χ0) is 5.98. The van der Waals surface area contributed by atoms with E-state index in [1.807, 2.05) is 16.8 Å². The topological polar surface area (TPSA) is 20.2 Å². The standard InChI is InChI=1S/C6H8OS/c1-5(7)6-2-3-8-4-6/h2-5,7H,1H3/t5-/m0/s1. The molecule has 0 saturated heterocycles. The summed E-state index contributed by atoms with van der Waals surface area (Å²) in [5.41, 5.74) is 1.01. The van der Waals surface area contributed by atoms with Crippen molar-refractivity contribution in [2.75, 3.05) is 0 Å². The summed E-state index contributed by atoms with van der Waals surface area (Å²) in [6.45, 7) is 1.77. The van der Waals surface area contributed by atoms with Gasteiger partial charge in [-0.3, -0.25) is 0 Å². The second-order valence-corrected chi connectivity index (χ2v) is 2.51. The Kier molecular flexibility index (Phi) is 1.65. The van der Waals surface area contributed by atoms with Crippen LogP contribution in [0.1, 0.15) is 18.6 Å². The molecule has 1 heterocycles. The molecule has 0 unspecified atom stereocenters. The van der Waals surface area contributed by atoms with Gasteiger partial charge in [0.15, 0.2) is 0 Å². The van der Waals surface area contributed by atoms with E-state index in [-0.39, 0.29) is 6.10 Å². The van der Waals surface area contributed by atoms with Gasteiger partial charge in [0.2, 0.25) is 0 Å². The van der Waals surface area contributed by atoms with Gasteiger partial charge in [-0.15, -0.1) is 0 Å². The van der Waals surface area contributed by atoms with Gasteiger partial charge in [0.25, 0.3) is 0 Å². The Bertz CT molecular complexity index is 144. The number of rotatable bonds is 1. The number of aliphatic hydroxyl groups is 1. The van der Waals surface area contributed by atoms with Crippen molar-refractivity contribution in [2.24, 2.45) is 0 Å².